The van der Waals surface area contributed by atoms with Crippen molar-refractivity contribution in [2.45, 2.75) is 0 Å². The number of carbonyl (C=O) groups excluding carboxylic acids is 2. The molecule has 1 aliphatic heterocycles. The van der Waals surface area contributed by atoms with E-state index < -0.39 is 0 Å². The van der Waals surface area contributed by atoms with Crippen LogP contribution in [0, 0.1) is 0 Å². The summed E-state index contributed by atoms with van der Waals surface area (Å²) in [5.41, 5.74) is 1.14. The van der Waals surface area contributed by atoms with Gasteiger partial charge in [-0.25, -0.2) is 0 Å². The van der Waals surface area contributed by atoms with Crippen molar-refractivity contribution in [1.82, 2.24) is 15.2 Å². The number of hydrogen-bond donors (Lipinski definition) is 2. The van der Waals surface area contributed by atoms with Crippen LogP contribution in [0.5, 0.6) is 0 Å². The highest BCUT2D eigenvalue weighted by Crippen LogP contribution is 2.31. The maximum absolute atomic E-state index is 12.3. The van der Waals surface area contributed by atoms with Crippen LogP contribution in [0.2, 0.25) is 10.0 Å². The molecule has 3 rings (SSSR count). The molecule has 0 bridgehead atoms. The molecule has 5 nitrogen and oxygen atoms in total. The third kappa shape index (κ3) is 2.23. The molecule has 104 valence electrons. The largest absolute Gasteiger partial charge is 0.353 e. The smallest absolute Gasteiger partial charge is 0.270 e. The molecule has 20 heavy (non-hydrogen) atoms. The SMILES string of the molecule is O=C1CN(C(=O)c2cc3c(Cl)c(Cl)ccc3[nH]2)CCN1. The maximum atomic E-state index is 12.3. The molecule has 2 heterocycles. The zero-order chi connectivity index (χ0) is 14.3. The monoisotopic (exact) mass is 311 g/mol. The Hall–Kier alpha value is -1.72. The van der Waals surface area contributed by atoms with Crippen molar-refractivity contribution in [2.75, 3.05) is 19.6 Å². The number of amides is 2. The summed E-state index contributed by atoms with van der Waals surface area (Å²) in [6.07, 6.45) is 0. The van der Waals surface area contributed by atoms with Crippen molar-refractivity contribution < 1.29 is 9.59 Å². The molecule has 0 unspecified atom stereocenters. The van der Waals surface area contributed by atoms with Crippen LogP contribution in [0.1, 0.15) is 10.5 Å². The van der Waals surface area contributed by atoms with Crippen LogP contribution in [-0.2, 0) is 4.79 Å². The van der Waals surface area contributed by atoms with Gasteiger partial charge in [0.05, 0.1) is 16.6 Å². The molecular weight excluding hydrogens is 301 g/mol. The fourth-order valence-corrected chi connectivity index (χ4v) is 2.62. The number of H-pyrrole nitrogens is 1. The molecule has 0 atom stereocenters. The Morgan fingerprint density at radius 2 is 2.10 bits per heavy atom. The van der Waals surface area contributed by atoms with E-state index in [-0.39, 0.29) is 18.4 Å². The fraction of sp³-hybridized carbons (Fsp3) is 0.231. The highest BCUT2D eigenvalue weighted by Gasteiger charge is 2.23. The second-order valence-electron chi connectivity index (χ2n) is 4.58. The lowest BCUT2D eigenvalue weighted by Crippen LogP contribution is -2.50. The summed E-state index contributed by atoms with van der Waals surface area (Å²) in [6, 6.07) is 5.10. The minimum atomic E-state index is -0.219. The molecule has 7 heteroatoms. The van der Waals surface area contributed by atoms with Crippen molar-refractivity contribution >= 4 is 45.9 Å². The number of halogens is 2. The molecule has 1 aromatic carbocycles. The van der Waals surface area contributed by atoms with E-state index in [0.29, 0.717) is 34.2 Å². The number of fused-ring (bicyclic) bond motifs is 1. The number of carbonyl (C=O) groups is 2. The van der Waals surface area contributed by atoms with Crippen molar-refractivity contribution in [1.29, 1.82) is 0 Å². The predicted molar refractivity (Wildman–Crippen MR) is 77.2 cm³/mol. The standard InChI is InChI=1S/C13H11Cl2N3O2/c14-8-1-2-9-7(12(8)15)5-10(17-9)13(20)18-4-3-16-11(19)6-18/h1-2,5,17H,3-4,6H2,(H,16,19). The number of benzene rings is 1. The fourth-order valence-electron chi connectivity index (χ4n) is 2.24. The first kappa shape index (κ1) is 13.3. The van der Waals surface area contributed by atoms with Gasteiger partial charge in [0.15, 0.2) is 0 Å². The van der Waals surface area contributed by atoms with Gasteiger partial charge < -0.3 is 15.2 Å². The van der Waals surface area contributed by atoms with Crippen LogP contribution in [0.4, 0.5) is 0 Å². The number of piperazine rings is 1. The average Bonchev–Trinajstić information content (AvgIpc) is 2.87. The summed E-state index contributed by atoms with van der Waals surface area (Å²) >= 11 is 12.1. The quantitative estimate of drug-likeness (QED) is 0.846. The highest BCUT2D eigenvalue weighted by atomic mass is 35.5. The van der Waals surface area contributed by atoms with Gasteiger partial charge in [-0.1, -0.05) is 23.2 Å². The third-order valence-corrected chi connectivity index (χ3v) is 4.07. The Balaban J connectivity index is 1.96. The molecule has 1 fully saturated rings. The van der Waals surface area contributed by atoms with Crippen molar-refractivity contribution in [2.24, 2.45) is 0 Å². The molecule has 2 amide bonds. The van der Waals surface area contributed by atoms with E-state index in [2.05, 4.69) is 10.3 Å². The first-order chi connectivity index (χ1) is 9.56. The van der Waals surface area contributed by atoms with Crippen LogP contribution >= 0.6 is 23.2 Å². The number of aromatic amines is 1. The highest BCUT2D eigenvalue weighted by molar-refractivity contribution is 6.45. The summed E-state index contributed by atoms with van der Waals surface area (Å²) in [5, 5.41) is 4.23. The zero-order valence-electron chi connectivity index (χ0n) is 10.4. The van der Waals surface area contributed by atoms with E-state index in [1.54, 1.807) is 18.2 Å². The van der Waals surface area contributed by atoms with Crippen molar-refractivity contribution in [3.8, 4) is 0 Å². The van der Waals surface area contributed by atoms with E-state index in [1.165, 1.54) is 4.90 Å². The van der Waals surface area contributed by atoms with E-state index in [1.807, 2.05) is 0 Å². The zero-order valence-corrected chi connectivity index (χ0v) is 11.9. The first-order valence-corrected chi connectivity index (χ1v) is 6.84. The predicted octanol–water partition coefficient (Wildman–Crippen LogP) is 2.05. The number of nitrogens with one attached hydrogen (secondary N) is 2. The number of aromatic nitrogens is 1. The van der Waals surface area contributed by atoms with Crippen LogP contribution in [-0.4, -0.2) is 41.3 Å². The number of nitrogens with zero attached hydrogens (tertiary/aromatic N) is 1. The molecule has 1 aromatic heterocycles. The van der Waals surface area contributed by atoms with Gasteiger partial charge in [0, 0.05) is 24.0 Å². The third-order valence-electron chi connectivity index (χ3n) is 3.25. The Morgan fingerprint density at radius 3 is 2.85 bits per heavy atom. The normalized spacial score (nSPS) is 15.5. The van der Waals surface area contributed by atoms with Crippen molar-refractivity contribution in [3.05, 3.63) is 33.9 Å². The Morgan fingerprint density at radius 1 is 1.30 bits per heavy atom. The Bertz CT molecular complexity index is 711. The maximum Gasteiger partial charge on any atom is 0.270 e. The molecule has 1 saturated heterocycles. The summed E-state index contributed by atoms with van der Waals surface area (Å²) in [5.74, 6) is -0.370. The second kappa shape index (κ2) is 5.00. The summed E-state index contributed by atoms with van der Waals surface area (Å²) in [7, 11) is 0. The molecule has 2 N–H and O–H groups in total. The van der Waals surface area contributed by atoms with Gasteiger partial charge in [0.25, 0.3) is 5.91 Å². The molecule has 0 radical (unpaired) electrons. The topological polar surface area (TPSA) is 65.2 Å². The lowest BCUT2D eigenvalue weighted by Gasteiger charge is -2.26. The minimum Gasteiger partial charge on any atom is -0.353 e. The van der Waals surface area contributed by atoms with Gasteiger partial charge >= 0.3 is 0 Å². The van der Waals surface area contributed by atoms with Gasteiger partial charge in [-0.15, -0.1) is 0 Å². The summed E-state index contributed by atoms with van der Waals surface area (Å²) < 4.78 is 0. The van der Waals surface area contributed by atoms with E-state index in [4.69, 9.17) is 23.2 Å². The Labute approximate surface area is 124 Å². The molecule has 2 aromatic rings. The van der Waals surface area contributed by atoms with Crippen LogP contribution in [0.15, 0.2) is 18.2 Å². The summed E-state index contributed by atoms with van der Waals surface area (Å²) in [4.78, 5) is 28.2. The lowest BCUT2D eigenvalue weighted by molar-refractivity contribution is -0.123. The first-order valence-electron chi connectivity index (χ1n) is 6.09. The van der Waals surface area contributed by atoms with Gasteiger partial charge in [-0.2, -0.15) is 0 Å². The van der Waals surface area contributed by atoms with E-state index in [0.717, 1.165) is 5.52 Å². The van der Waals surface area contributed by atoms with Gasteiger partial charge in [0.2, 0.25) is 5.91 Å². The molecule has 0 spiro atoms. The van der Waals surface area contributed by atoms with Gasteiger partial charge in [-0.3, -0.25) is 9.59 Å². The Kier molecular flexibility index (Phi) is 3.31. The van der Waals surface area contributed by atoms with Gasteiger partial charge in [-0.05, 0) is 18.2 Å². The molecular formula is C13H11Cl2N3O2. The van der Waals surface area contributed by atoms with Crippen molar-refractivity contribution in [3.63, 3.8) is 0 Å². The molecule has 1 aliphatic rings. The van der Waals surface area contributed by atoms with E-state index >= 15 is 0 Å². The minimum absolute atomic E-state index is 0.0721. The second-order valence-corrected chi connectivity index (χ2v) is 5.37. The molecule has 0 aliphatic carbocycles. The van der Waals surface area contributed by atoms with Gasteiger partial charge in [0.1, 0.15) is 5.69 Å². The lowest BCUT2D eigenvalue weighted by atomic mass is 10.2. The van der Waals surface area contributed by atoms with Crippen LogP contribution in [0.3, 0.4) is 0 Å². The average molecular weight is 312 g/mol. The van der Waals surface area contributed by atoms with E-state index in [9.17, 15) is 9.59 Å². The summed E-state index contributed by atoms with van der Waals surface area (Å²) in [6.45, 7) is 1.04. The number of hydrogen-bond acceptors (Lipinski definition) is 2. The molecule has 0 saturated carbocycles. The van der Waals surface area contributed by atoms with Crippen LogP contribution < -0.4 is 5.32 Å². The number of rotatable bonds is 1. The van der Waals surface area contributed by atoms with Crippen LogP contribution in [0.25, 0.3) is 10.9 Å².